The molecule has 0 aliphatic carbocycles. The number of para-hydroxylation sites is 2. The van der Waals surface area contributed by atoms with Gasteiger partial charge >= 0.3 is 0 Å². The van der Waals surface area contributed by atoms with Gasteiger partial charge in [-0.1, -0.05) is 17.3 Å². The maximum absolute atomic E-state index is 12.4. The third-order valence-electron chi connectivity index (χ3n) is 5.08. The second-order valence-corrected chi connectivity index (χ2v) is 8.01. The number of carbonyl (C=O) groups excluding carboxylic acids is 2. The van der Waals surface area contributed by atoms with E-state index in [1.54, 1.807) is 0 Å². The Morgan fingerprint density at radius 3 is 2.64 bits per heavy atom. The number of amides is 2. The summed E-state index contributed by atoms with van der Waals surface area (Å²) in [5, 5.41) is 6.96. The fourth-order valence-corrected chi connectivity index (χ4v) is 4.38. The monoisotopic (exact) mass is 402 g/mol. The molecule has 3 rings (SSSR count). The van der Waals surface area contributed by atoms with Crippen molar-refractivity contribution in [2.75, 3.05) is 29.1 Å². The molecule has 2 amide bonds. The summed E-state index contributed by atoms with van der Waals surface area (Å²) in [6.45, 7) is 5.29. The first kappa shape index (κ1) is 20.3. The third-order valence-corrected chi connectivity index (χ3v) is 6.04. The van der Waals surface area contributed by atoms with Crippen LogP contribution in [0.25, 0.3) is 0 Å². The Morgan fingerprint density at radius 2 is 2.00 bits per heavy atom. The molecule has 1 fully saturated rings. The minimum Gasteiger partial charge on any atom is -0.370 e. The van der Waals surface area contributed by atoms with Gasteiger partial charge in [0.05, 0.1) is 22.8 Å². The summed E-state index contributed by atoms with van der Waals surface area (Å²) in [5.74, 6) is 1.51. The van der Waals surface area contributed by atoms with Crippen LogP contribution < -0.4 is 16.0 Å². The van der Waals surface area contributed by atoms with Gasteiger partial charge in [-0.15, -0.1) is 11.8 Å². The lowest BCUT2D eigenvalue weighted by Gasteiger charge is -2.33. The van der Waals surface area contributed by atoms with Crippen LogP contribution in [0.5, 0.6) is 0 Å². The number of benzene rings is 1. The van der Waals surface area contributed by atoms with E-state index in [0.717, 1.165) is 54.3 Å². The summed E-state index contributed by atoms with van der Waals surface area (Å²) in [6.07, 6.45) is 1.48. The molecule has 0 saturated carbocycles. The van der Waals surface area contributed by atoms with E-state index in [4.69, 9.17) is 10.3 Å². The summed E-state index contributed by atoms with van der Waals surface area (Å²) in [7, 11) is 0. The normalized spacial score (nSPS) is 14.9. The van der Waals surface area contributed by atoms with Gasteiger partial charge in [0.1, 0.15) is 5.76 Å². The van der Waals surface area contributed by atoms with Crippen molar-refractivity contribution in [3.8, 4) is 0 Å². The van der Waals surface area contributed by atoms with Crippen molar-refractivity contribution < 1.29 is 14.1 Å². The minimum absolute atomic E-state index is 0.0452. The Bertz CT molecular complexity index is 824. The standard InChI is InChI=1S/C20H26N4O3S/c1-13-16(14(2)27-23-13)11-28-12-19(25)22-17-5-3-4-6-18(17)24-9-7-15(8-10-24)20(21)26/h3-6,15H,7-12H2,1-2H3,(H2,21,26)(H,22,25). The Labute approximate surface area is 169 Å². The molecule has 0 radical (unpaired) electrons. The largest absolute Gasteiger partial charge is 0.370 e. The van der Waals surface area contributed by atoms with Crippen LogP contribution in [0.4, 0.5) is 11.4 Å². The Kier molecular flexibility index (Phi) is 6.61. The smallest absolute Gasteiger partial charge is 0.234 e. The van der Waals surface area contributed by atoms with Crippen molar-refractivity contribution in [1.82, 2.24) is 5.16 Å². The minimum atomic E-state index is -0.225. The second-order valence-electron chi connectivity index (χ2n) is 7.02. The number of anilines is 2. The van der Waals surface area contributed by atoms with E-state index in [1.807, 2.05) is 38.1 Å². The highest BCUT2D eigenvalue weighted by atomic mass is 32.2. The number of nitrogens with zero attached hydrogens (tertiary/aromatic N) is 2. The van der Waals surface area contributed by atoms with Crippen molar-refractivity contribution >= 4 is 35.0 Å². The molecule has 0 spiro atoms. The first-order valence-electron chi connectivity index (χ1n) is 9.38. The Hall–Kier alpha value is -2.48. The average Bonchev–Trinajstić information content (AvgIpc) is 3.00. The van der Waals surface area contributed by atoms with Crippen molar-refractivity contribution in [2.45, 2.75) is 32.4 Å². The summed E-state index contributed by atoms with van der Waals surface area (Å²) in [5.41, 5.74) is 9.12. The summed E-state index contributed by atoms with van der Waals surface area (Å²) in [4.78, 5) is 26.0. The van der Waals surface area contributed by atoms with Gasteiger partial charge in [-0.05, 0) is 38.8 Å². The maximum atomic E-state index is 12.4. The molecular weight excluding hydrogens is 376 g/mol. The van der Waals surface area contributed by atoms with Gasteiger partial charge in [0.25, 0.3) is 0 Å². The first-order valence-corrected chi connectivity index (χ1v) is 10.5. The van der Waals surface area contributed by atoms with Gasteiger partial charge in [0, 0.05) is 30.3 Å². The van der Waals surface area contributed by atoms with Gasteiger partial charge in [-0.25, -0.2) is 0 Å². The molecule has 7 nitrogen and oxygen atoms in total. The van der Waals surface area contributed by atoms with Crippen LogP contribution in [-0.4, -0.2) is 35.8 Å². The zero-order valence-corrected chi connectivity index (χ0v) is 17.1. The van der Waals surface area contributed by atoms with E-state index in [0.29, 0.717) is 11.5 Å². The Morgan fingerprint density at radius 1 is 1.29 bits per heavy atom. The van der Waals surface area contributed by atoms with Crippen molar-refractivity contribution in [2.24, 2.45) is 11.7 Å². The summed E-state index contributed by atoms with van der Waals surface area (Å²) < 4.78 is 5.16. The Balaban J connectivity index is 1.56. The van der Waals surface area contributed by atoms with Crippen LogP contribution in [0.2, 0.25) is 0 Å². The van der Waals surface area contributed by atoms with Crippen molar-refractivity contribution in [1.29, 1.82) is 0 Å². The number of aromatic nitrogens is 1. The number of hydrogen-bond donors (Lipinski definition) is 2. The van der Waals surface area contributed by atoms with Gasteiger partial charge in [-0.3, -0.25) is 9.59 Å². The SMILES string of the molecule is Cc1noc(C)c1CSCC(=O)Nc1ccccc1N1CCC(C(N)=O)CC1. The fourth-order valence-electron chi connectivity index (χ4n) is 3.40. The molecule has 1 saturated heterocycles. The molecule has 0 unspecified atom stereocenters. The first-order chi connectivity index (χ1) is 13.5. The number of hydrogen-bond acceptors (Lipinski definition) is 6. The molecule has 3 N–H and O–H groups in total. The lowest BCUT2D eigenvalue weighted by molar-refractivity contribution is -0.122. The van der Waals surface area contributed by atoms with Crippen LogP contribution >= 0.6 is 11.8 Å². The molecule has 150 valence electrons. The summed E-state index contributed by atoms with van der Waals surface area (Å²) >= 11 is 1.53. The molecule has 2 heterocycles. The lowest BCUT2D eigenvalue weighted by Crippen LogP contribution is -2.38. The van der Waals surface area contributed by atoms with Gasteiger partial charge in [0.15, 0.2) is 0 Å². The number of rotatable bonds is 7. The van der Waals surface area contributed by atoms with E-state index < -0.39 is 0 Å². The van der Waals surface area contributed by atoms with E-state index in [2.05, 4.69) is 15.4 Å². The molecule has 0 atom stereocenters. The highest BCUT2D eigenvalue weighted by molar-refractivity contribution is 7.99. The molecule has 28 heavy (non-hydrogen) atoms. The zero-order chi connectivity index (χ0) is 20.1. The van der Waals surface area contributed by atoms with Crippen molar-refractivity contribution in [3.05, 3.63) is 41.3 Å². The molecule has 1 aromatic heterocycles. The van der Waals surface area contributed by atoms with Crippen LogP contribution in [-0.2, 0) is 15.3 Å². The molecular formula is C20H26N4O3S. The molecule has 1 aliphatic rings. The van der Waals surface area contributed by atoms with Crippen LogP contribution in [0.1, 0.15) is 29.9 Å². The predicted octanol–water partition coefficient (Wildman–Crippen LogP) is 2.87. The van der Waals surface area contributed by atoms with Gasteiger partial charge in [0.2, 0.25) is 11.8 Å². The zero-order valence-electron chi connectivity index (χ0n) is 16.2. The highest BCUT2D eigenvalue weighted by Gasteiger charge is 2.24. The van der Waals surface area contributed by atoms with Crippen LogP contribution in [0.3, 0.4) is 0 Å². The number of nitrogens with two attached hydrogens (primary N) is 1. The number of piperidine rings is 1. The lowest BCUT2D eigenvalue weighted by atomic mass is 9.96. The highest BCUT2D eigenvalue weighted by Crippen LogP contribution is 2.30. The molecule has 0 bridgehead atoms. The topological polar surface area (TPSA) is 101 Å². The number of carbonyl (C=O) groups is 2. The van der Waals surface area contributed by atoms with Gasteiger partial charge in [-0.2, -0.15) is 0 Å². The number of aryl methyl sites for hydroxylation is 2. The maximum Gasteiger partial charge on any atom is 0.234 e. The molecule has 1 aromatic carbocycles. The second kappa shape index (κ2) is 9.14. The molecule has 2 aromatic rings. The van der Waals surface area contributed by atoms with Crippen LogP contribution in [0.15, 0.2) is 28.8 Å². The predicted molar refractivity (Wildman–Crippen MR) is 111 cm³/mol. The van der Waals surface area contributed by atoms with E-state index in [9.17, 15) is 9.59 Å². The number of thioether (sulfide) groups is 1. The number of nitrogens with one attached hydrogen (secondary N) is 1. The van der Waals surface area contributed by atoms with E-state index >= 15 is 0 Å². The summed E-state index contributed by atoms with van der Waals surface area (Å²) in [6, 6.07) is 7.77. The third kappa shape index (κ3) is 4.86. The quantitative estimate of drug-likeness (QED) is 0.738. The molecule has 8 heteroatoms. The fraction of sp³-hybridized carbons (Fsp3) is 0.450. The van der Waals surface area contributed by atoms with Gasteiger partial charge < -0.3 is 20.5 Å². The average molecular weight is 403 g/mol. The molecule has 1 aliphatic heterocycles. The van der Waals surface area contributed by atoms with E-state index in [1.165, 1.54) is 11.8 Å². The van der Waals surface area contributed by atoms with Crippen LogP contribution in [0, 0.1) is 19.8 Å². The van der Waals surface area contributed by atoms with Crippen molar-refractivity contribution in [3.63, 3.8) is 0 Å². The van der Waals surface area contributed by atoms with E-state index in [-0.39, 0.29) is 17.7 Å². The number of primary amides is 1.